The van der Waals surface area contributed by atoms with Crippen LogP contribution in [-0.2, 0) is 32.0 Å². The number of aryl methyl sites for hydroxylation is 2. The van der Waals surface area contributed by atoms with E-state index in [2.05, 4.69) is 25.9 Å². The van der Waals surface area contributed by atoms with E-state index in [9.17, 15) is 14.4 Å². The highest BCUT2D eigenvalue weighted by molar-refractivity contribution is 6.08. The molecule has 3 aromatic heterocycles. The summed E-state index contributed by atoms with van der Waals surface area (Å²) >= 11 is 0. The quantitative estimate of drug-likeness (QED) is 0.501. The van der Waals surface area contributed by atoms with Gasteiger partial charge in [0.15, 0.2) is 0 Å². The third kappa shape index (κ3) is 4.23. The van der Waals surface area contributed by atoms with Gasteiger partial charge in [0, 0.05) is 38.6 Å². The first-order valence-corrected chi connectivity index (χ1v) is 8.17. The van der Waals surface area contributed by atoms with Crippen molar-refractivity contribution in [2.24, 2.45) is 14.1 Å². The molecule has 0 fully saturated rings. The zero-order valence-electron chi connectivity index (χ0n) is 15.2. The number of hydrogen-bond acceptors (Lipinski definition) is 6. The monoisotopic (exact) mass is 386 g/mol. The number of hydrogen-bond donors (Lipinski definition) is 3. The number of anilines is 1. The first-order chi connectivity index (χ1) is 13.3. The Labute approximate surface area is 158 Å². The number of carbonyl (C=O) groups is 3. The molecule has 12 nitrogen and oxygen atoms in total. The Bertz CT molecular complexity index is 1030. The summed E-state index contributed by atoms with van der Waals surface area (Å²) in [7, 11) is 3.36. The lowest BCUT2D eigenvalue weighted by atomic mass is 10.3. The summed E-state index contributed by atoms with van der Waals surface area (Å²) in [6.45, 7) is -0.0879. The normalized spacial score (nSPS) is 10.6. The van der Waals surface area contributed by atoms with Crippen LogP contribution in [0.2, 0.25) is 0 Å². The molecule has 146 valence electrons. The minimum atomic E-state index is -1.07. The number of rotatable bonds is 7. The number of carbonyl (C=O) groups excluding carboxylic acids is 2. The van der Waals surface area contributed by atoms with Crippen molar-refractivity contribution in [2.75, 3.05) is 5.32 Å². The maximum atomic E-state index is 12.5. The van der Waals surface area contributed by atoms with E-state index in [0.717, 1.165) is 10.2 Å². The Kier molecular flexibility index (Phi) is 5.20. The molecule has 0 unspecified atom stereocenters. The van der Waals surface area contributed by atoms with Crippen LogP contribution in [-0.4, -0.2) is 52.2 Å². The fraction of sp³-hybridized carbons (Fsp3) is 0.250. The molecular formula is C16H18N8O4. The van der Waals surface area contributed by atoms with Gasteiger partial charge in [-0.15, -0.1) is 0 Å². The minimum absolute atomic E-state index is 0.159. The number of carboxylic acids is 1. The van der Waals surface area contributed by atoms with Gasteiger partial charge in [0.05, 0.1) is 29.8 Å². The van der Waals surface area contributed by atoms with E-state index in [1.807, 2.05) is 0 Å². The molecule has 0 aliphatic rings. The van der Waals surface area contributed by atoms with Gasteiger partial charge >= 0.3 is 5.97 Å². The van der Waals surface area contributed by atoms with Crippen LogP contribution < -0.4 is 10.6 Å². The molecule has 0 saturated heterocycles. The van der Waals surface area contributed by atoms with Crippen molar-refractivity contribution in [1.29, 1.82) is 0 Å². The smallest absolute Gasteiger partial charge is 0.325 e. The second-order valence-corrected chi connectivity index (χ2v) is 6.01. The molecule has 0 aliphatic carbocycles. The van der Waals surface area contributed by atoms with Crippen LogP contribution in [0.5, 0.6) is 0 Å². The van der Waals surface area contributed by atoms with E-state index >= 15 is 0 Å². The van der Waals surface area contributed by atoms with Crippen LogP contribution >= 0.6 is 0 Å². The molecule has 2 amide bonds. The molecule has 3 rings (SSSR count). The average Bonchev–Trinajstić information content (AvgIpc) is 3.33. The van der Waals surface area contributed by atoms with E-state index in [4.69, 9.17) is 5.11 Å². The zero-order chi connectivity index (χ0) is 20.3. The van der Waals surface area contributed by atoms with Gasteiger partial charge in [-0.3, -0.25) is 28.4 Å². The van der Waals surface area contributed by atoms with Crippen molar-refractivity contribution < 1.29 is 19.5 Å². The average molecular weight is 386 g/mol. The molecule has 0 saturated carbocycles. The molecule has 0 atom stereocenters. The number of amides is 2. The van der Waals surface area contributed by atoms with Gasteiger partial charge in [-0.25, -0.2) is 0 Å². The molecule has 3 N–H and O–H groups in total. The second-order valence-electron chi connectivity index (χ2n) is 6.01. The molecule has 0 bridgehead atoms. The molecule has 0 aliphatic heterocycles. The summed E-state index contributed by atoms with van der Waals surface area (Å²) in [5, 5.41) is 26.0. The van der Waals surface area contributed by atoms with Crippen molar-refractivity contribution in [3.63, 3.8) is 0 Å². The number of nitrogens with one attached hydrogen (secondary N) is 2. The molecule has 28 heavy (non-hydrogen) atoms. The van der Waals surface area contributed by atoms with Crippen molar-refractivity contribution in [1.82, 2.24) is 34.7 Å². The van der Waals surface area contributed by atoms with Crippen LogP contribution in [0.25, 0.3) is 0 Å². The Morgan fingerprint density at radius 1 is 1.04 bits per heavy atom. The largest absolute Gasteiger partial charge is 0.480 e. The fourth-order valence-electron chi connectivity index (χ4n) is 2.53. The van der Waals surface area contributed by atoms with Crippen molar-refractivity contribution in [2.45, 2.75) is 13.1 Å². The summed E-state index contributed by atoms with van der Waals surface area (Å²) in [5.41, 5.74) is 1.39. The SMILES string of the molecule is Cn1cc(CNC(=O)c2c(NC(=O)c3cnn(CC(=O)O)c3)cnn2C)cn1. The van der Waals surface area contributed by atoms with Gasteiger partial charge < -0.3 is 15.7 Å². The summed E-state index contributed by atoms with van der Waals surface area (Å²) in [6, 6.07) is 0. The van der Waals surface area contributed by atoms with Crippen LogP contribution in [0.1, 0.15) is 26.4 Å². The summed E-state index contributed by atoms with van der Waals surface area (Å²) < 4.78 is 4.10. The Hall–Kier alpha value is -3.96. The van der Waals surface area contributed by atoms with E-state index in [-0.39, 0.29) is 30.0 Å². The lowest BCUT2D eigenvalue weighted by molar-refractivity contribution is -0.137. The van der Waals surface area contributed by atoms with Crippen LogP contribution in [0, 0.1) is 0 Å². The number of aliphatic carboxylic acids is 1. The second kappa shape index (κ2) is 7.73. The highest BCUT2D eigenvalue weighted by Gasteiger charge is 2.20. The van der Waals surface area contributed by atoms with Crippen LogP contribution in [0.3, 0.4) is 0 Å². The highest BCUT2D eigenvalue weighted by atomic mass is 16.4. The summed E-state index contributed by atoms with van der Waals surface area (Å²) in [6.07, 6.45) is 7.33. The maximum absolute atomic E-state index is 12.5. The number of carboxylic acid groups (broad SMARTS) is 1. The van der Waals surface area contributed by atoms with Gasteiger partial charge in [0.2, 0.25) is 0 Å². The first kappa shape index (κ1) is 18.8. The topological polar surface area (TPSA) is 149 Å². The van der Waals surface area contributed by atoms with Crippen LogP contribution in [0.4, 0.5) is 5.69 Å². The van der Waals surface area contributed by atoms with E-state index in [1.165, 1.54) is 23.3 Å². The molecule has 12 heteroatoms. The zero-order valence-corrected chi connectivity index (χ0v) is 15.2. The van der Waals surface area contributed by atoms with Gasteiger partial charge in [-0.1, -0.05) is 0 Å². The van der Waals surface area contributed by atoms with E-state index < -0.39 is 17.8 Å². The summed E-state index contributed by atoms with van der Waals surface area (Å²) in [5.74, 6) is -2.03. The van der Waals surface area contributed by atoms with Gasteiger partial charge in [0.1, 0.15) is 12.2 Å². The third-order valence-corrected chi connectivity index (χ3v) is 3.81. The number of aromatic nitrogens is 6. The van der Waals surface area contributed by atoms with E-state index in [0.29, 0.717) is 0 Å². The first-order valence-electron chi connectivity index (χ1n) is 8.17. The third-order valence-electron chi connectivity index (χ3n) is 3.81. The molecule has 0 aromatic carbocycles. The fourth-order valence-corrected chi connectivity index (χ4v) is 2.53. The maximum Gasteiger partial charge on any atom is 0.325 e. The standard InChI is InChI=1S/C16H18N8O4/c1-22-7-10(4-18-22)3-17-16(28)14-12(6-19-23(14)2)21-15(27)11-5-20-24(8-11)9-13(25)26/h4-8H,3,9H2,1-2H3,(H,17,28)(H,21,27)(H,25,26). The summed E-state index contributed by atoms with van der Waals surface area (Å²) in [4.78, 5) is 35.6. The van der Waals surface area contributed by atoms with Gasteiger partial charge in [-0.05, 0) is 0 Å². The Morgan fingerprint density at radius 3 is 2.50 bits per heavy atom. The van der Waals surface area contributed by atoms with Crippen molar-refractivity contribution >= 4 is 23.5 Å². The minimum Gasteiger partial charge on any atom is -0.480 e. The van der Waals surface area contributed by atoms with Crippen molar-refractivity contribution in [3.8, 4) is 0 Å². The lowest BCUT2D eigenvalue weighted by Gasteiger charge is -2.08. The molecular weight excluding hydrogens is 368 g/mol. The van der Waals surface area contributed by atoms with Crippen molar-refractivity contribution in [3.05, 3.63) is 47.8 Å². The van der Waals surface area contributed by atoms with Gasteiger partial charge in [-0.2, -0.15) is 15.3 Å². The Balaban J connectivity index is 1.69. The lowest BCUT2D eigenvalue weighted by Crippen LogP contribution is -2.26. The van der Waals surface area contributed by atoms with Gasteiger partial charge in [0.25, 0.3) is 11.8 Å². The van der Waals surface area contributed by atoms with Crippen LogP contribution in [0.15, 0.2) is 31.0 Å². The number of nitrogens with zero attached hydrogens (tertiary/aromatic N) is 6. The highest BCUT2D eigenvalue weighted by Crippen LogP contribution is 2.16. The van der Waals surface area contributed by atoms with E-state index in [1.54, 1.807) is 31.2 Å². The molecule has 3 heterocycles. The Morgan fingerprint density at radius 2 is 1.82 bits per heavy atom. The molecule has 3 aromatic rings. The predicted molar refractivity (Wildman–Crippen MR) is 95.4 cm³/mol. The predicted octanol–water partition coefficient (Wildman–Crippen LogP) is -0.383. The molecule has 0 radical (unpaired) electrons. The molecule has 0 spiro atoms.